The van der Waals surface area contributed by atoms with Gasteiger partial charge in [-0.05, 0) is 31.0 Å². The highest BCUT2D eigenvalue weighted by Gasteiger charge is 2.04. The maximum Gasteiger partial charge on any atom is 0.319 e. The van der Waals surface area contributed by atoms with E-state index in [0.717, 1.165) is 11.1 Å². The van der Waals surface area contributed by atoms with E-state index in [1.54, 1.807) is 25.4 Å². The van der Waals surface area contributed by atoms with Crippen molar-refractivity contribution >= 4 is 11.7 Å². The topological polar surface area (TPSA) is 72.5 Å². The van der Waals surface area contributed by atoms with Gasteiger partial charge < -0.3 is 20.1 Å². The molecule has 0 spiro atoms. The van der Waals surface area contributed by atoms with E-state index in [2.05, 4.69) is 21.7 Å². The van der Waals surface area contributed by atoms with E-state index in [9.17, 15) is 4.79 Å². The molecule has 6 heteroatoms. The van der Waals surface area contributed by atoms with Crippen molar-refractivity contribution in [1.82, 2.24) is 10.3 Å². The van der Waals surface area contributed by atoms with Gasteiger partial charge in [0.1, 0.15) is 6.61 Å². The van der Waals surface area contributed by atoms with Gasteiger partial charge in [-0.2, -0.15) is 0 Å². The van der Waals surface area contributed by atoms with Crippen LogP contribution in [0.1, 0.15) is 16.7 Å². The van der Waals surface area contributed by atoms with Crippen molar-refractivity contribution in [3.63, 3.8) is 0 Å². The molecule has 128 valence electrons. The van der Waals surface area contributed by atoms with Crippen LogP contribution in [0.3, 0.4) is 0 Å². The van der Waals surface area contributed by atoms with E-state index in [4.69, 9.17) is 9.47 Å². The van der Waals surface area contributed by atoms with Crippen molar-refractivity contribution in [2.45, 2.75) is 20.4 Å². The lowest BCUT2D eigenvalue weighted by Gasteiger charge is -2.10. The molecule has 0 fully saturated rings. The first kappa shape index (κ1) is 17.7. The summed E-state index contributed by atoms with van der Waals surface area (Å²) in [5, 5.41) is 5.58. The van der Waals surface area contributed by atoms with E-state index in [1.807, 2.05) is 26.0 Å². The van der Waals surface area contributed by atoms with Gasteiger partial charge in [0.05, 0.1) is 18.5 Å². The molecule has 2 amide bonds. The maximum absolute atomic E-state index is 12.0. The molecule has 0 unspecified atom stereocenters. The predicted octanol–water partition coefficient (Wildman–Crippen LogP) is 3.05. The zero-order chi connectivity index (χ0) is 17.4. The summed E-state index contributed by atoms with van der Waals surface area (Å²) >= 11 is 0. The van der Waals surface area contributed by atoms with Crippen LogP contribution in [-0.2, 0) is 11.3 Å². The second kappa shape index (κ2) is 8.88. The van der Waals surface area contributed by atoms with Gasteiger partial charge in [-0.1, -0.05) is 23.8 Å². The first-order valence-electron chi connectivity index (χ1n) is 7.77. The number of anilines is 1. The number of nitrogens with zero attached hydrogens (tertiary/aromatic N) is 1. The molecule has 0 aliphatic rings. The summed E-state index contributed by atoms with van der Waals surface area (Å²) in [5.74, 6) is 0.494. The molecule has 0 aliphatic carbocycles. The molecule has 1 heterocycles. The highest BCUT2D eigenvalue weighted by atomic mass is 16.5. The number of carbonyl (C=O) groups excluding carboxylic acids is 1. The Hall–Kier alpha value is -2.60. The van der Waals surface area contributed by atoms with Crippen LogP contribution in [0.2, 0.25) is 0 Å². The minimum atomic E-state index is -0.273. The lowest BCUT2D eigenvalue weighted by Crippen LogP contribution is -2.28. The maximum atomic E-state index is 12.0. The predicted molar refractivity (Wildman–Crippen MR) is 93.4 cm³/mol. The van der Waals surface area contributed by atoms with Crippen LogP contribution in [0.4, 0.5) is 10.5 Å². The van der Waals surface area contributed by atoms with Crippen LogP contribution in [0, 0.1) is 13.8 Å². The number of methoxy groups -OCH3 is 1. The molecule has 2 rings (SSSR count). The average Bonchev–Trinajstić information content (AvgIpc) is 2.56. The van der Waals surface area contributed by atoms with Crippen molar-refractivity contribution in [3.05, 3.63) is 53.2 Å². The number of nitrogens with one attached hydrogen (secondary N) is 2. The summed E-state index contributed by atoms with van der Waals surface area (Å²) in [6, 6.07) is 9.33. The van der Waals surface area contributed by atoms with Crippen LogP contribution >= 0.6 is 0 Å². The molecule has 1 aromatic carbocycles. The fourth-order valence-electron chi connectivity index (χ4n) is 2.16. The monoisotopic (exact) mass is 329 g/mol. The number of hydrogen-bond acceptors (Lipinski definition) is 4. The minimum absolute atomic E-state index is 0.273. The van der Waals surface area contributed by atoms with Crippen LogP contribution < -0.4 is 15.4 Å². The SMILES string of the molecule is COCCOc1ccc(NC(=O)NCc2ccc(C)cc2C)cn1. The van der Waals surface area contributed by atoms with Gasteiger partial charge in [-0.3, -0.25) is 0 Å². The largest absolute Gasteiger partial charge is 0.475 e. The Balaban J connectivity index is 1.81. The van der Waals surface area contributed by atoms with Crippen molar-refractivity contribution in [2.24, 2.45) is 0 Å². The molecule has 0 atom stereocenters. The number of hydrogen-bond donors (Lipinski definition) is 2. The molecule has 0 radical (unpaired) electrons. The van der Waals surface area contributed by atoms with Crippen LogP contribution in [-0.4, -0.2) is 31.3 Å². The van der Waals surface area contributed by atoms with Gasteiger partial charge in [0.2, 0.25) is 5.88 Å². The molecule has 2 aromatic rings. The van der Waals surface area contributed by atoms with Gasteiger partial charge in [0.25, 0.3) is 0 Å². The lowest BCUT2D eigenvalue weighted by atomic mass is 10.1. The molecule has 1 aromatic heterocycles. The van der Waals surface area contributed by atoms with E-state index in [1.165, 1.54) is 5.56 Å². The Kier molecular flexibility index (Phi) is 6.57. The Bertz CT molecular complexity index is 672. The number of pyridine rings is 1. The van der Waals surface area contributed by atoms with Crippen LogP contribution in [0.25, 0.3) is 0 Å². The summed E-state index contributed by atoms with van der Waals surface area (Å²) in [6.07, 6.45) is 1.55. The van der Waals surface area contributed by atoms with E-state index < -0.39 is 0 Å². The van der Waals surface area contributed by atoms with Gasteiger partial charge in [-0.15, -0.1) is 0 Å². The first-order valence-corrected chi connectivity index (χ1v) is 7.77. The highest BCUT2D eigenvalue weighted by molar-refractivity contribution is 5.89. The van der Waals surface area contributed by atoms with Crippen molar-refractivity contribution in [2.75, 3.05) is 25.6 Å². The third-order valence-corrected chi connectivity index (χ3v) is 3.47. The molecule has 0 aliphatic heterocycles. The standard InChI is InChI=1S/C18H23N3O3/c1-13-4-5-15(14(2)10-13)11-20-18(22)21-16-6-7-17(19-12-16)24-9-8-23-3/h4-7,10,12H,8-9,11H2,1-3H3,(H2,20,21,22). The number of amides is 2. The molecule has 0 saturated heterocycles. The average molecular weight is 329 g/mol. The fraction of sp³-hybridized carbons (Fsp3) is 0.333. The molecule has 24 heavy (non-hydrogen) atoms. The Labute approximate surface area is 142 Å². The normalized spacial score (nSPS) is 10.3. The van der Waals surface area contributed by atoms with Gasteiger partial charge in [0.15, 0.2) is 0 Å². The number of carbonyl (C=O) groups is 1. The van der Waals surface area contributed by atoms with E-state index >= 15 is 0 Å². The molecule has 0 bridgehead atoms. The zero-order valence-electron chi connectivity index (χ0n) is 14.3. The van der Waals surface area contributed by atoms with Gasteiger partial charge in [-0.25, -0.2) is 9.78 Å². The first-order chi connectivity index (χ1) is 11.6. The minimum Gasteiger partial charge on any atom is -0.475 e. The van der Waals surface area contributed by atoms with E-state index in [0.29, 0.717) is 31.3 Å². The van der Waals surface area contributed by atoms with Crippen LogP contribution in [0.15, 0.2) is 36.5 Å². The summed E-state index contributed by atoms with van der Waals surface area (Å²) in [4.78, 5) is 16.1. The molecule has 6 nitrogen and oxygen atoms in total. The number of rotatable bonds is 7. The number of urea groups is 1. The number of ether oxygens (including phenoxy) is 2. The molecular formula is C18H23N3O3. The quantitative estimate of drug-likeness (QED) is 0.766. The summed E-state index contributed by atoms with van der Waals surface area (Å²) in [6.45, 7) is 5.50. The second-order valence-electron chi connectivity index (χ2n) is 5.46. The Morgan fingerprint density at radius 3 is 2.67 bits per heavy atom. The van der Waals surface area contributed by atoms with Gasteiger partial charge in [0, 0.05) is 19.7 Å². The summed E-state index contributed by atoms with van der Waals surface area (Å²) < 4.78 is 10.3. The molecular weight excluding hydrogens is 306 g/mol. The number of aryl methyl sites for hydroxylation is 2. The number of aromatic nitrogens is 1. The third-order valence-electron chi connectivity index (χ3n) is 3.47. The summed E-state index contributed by atoms with van der Waals surface area (Å²) in [5.41, 5.74) is 4.07. The Morgan fingerprint density at radius 1 is 1.17 bits per heavy atom. The molecule has 0 saturated carbocycles. The zero-order valence-corrected chi connectivity index (χ0v) is 14.3. The van der Waals surface area contributed by atoms with Gasteiger partial charge >= 0.3 is 6.03 Å². The van der Waals surface area contributed by atoms with Crippen molar-refractivity contribution < 1.29 is 14.3 Å². The number of benzene rings is 1. The third kappa shape index (κ3) is 5.55. The highest BCUT2D eigenvalue weighted by Crippen LogP contribution is 2.12. The second-order valence-corrected chi connectivity index (χ2v) is 5.46. The van der Waals surface area contributed by atoms with Crippen LogP contribution in [0.5, 0.6) is 5.88 Å². The summed E-state index contributed by atoms with van der Waals surface area (Å²) in [7, 11) is 1.61. The molecule has 2 N–H and O–H groups in total. The van der Waals surface area contributed by atoms with Crippen molar-refractivity contribution in [3.8, 4) is 5.88 Å². The van der Waals surface area contributed by atoms with E-state index in [-0.39, 0.29) is 6.03 Å². The van der Waals surface area contributed by atoms with Crippen molar-refractivity contribution in [1.29, 1.82) is 0 Å². The lowest BCUT2D eigenvalue weighted by molar-refractivity contribution is 0.144. The Morgan fingerprint density at radius 2 is 2.00 bits per heavy atom. The smallest absolute Gasteiger partial charge is 0.319 e. The fourth-order valence-corrected chi connectivity index (χ4v) is 2.16.